The van der Waals surface area contributed by atoms with Gasteiger partial charge >= 0.3 is 0 Å². The summed E-state index contributed by atoms with van der Waals surface area (Å²) in [6, 6.07) is 4.52. The van der Waals surface area contributed by atoms with Crippen molar-refractivity contribution in [1.29, 1.82) is 0 Å². The van der Waals surface area contributed by atoms with Crippen LogP contribution < -0.4 is 15.5 Å². The fourth-order valence-electron chi connectivity index (χ4n) is 4.52. The van der Waals surface area contributed by atoms with E-state index in [4.69, 9.17) is 17.2 Å². The number of fused-ring (bicyclic) bond motifs is 1. The zero-order chi connectivity index (χ0) is 23.4. The Bertz CT molecular complexity index is 936. The summed E-state index contributed by atoms with van der Waals surface area (Å²) in [6.07, 6.45) is 4.92. The van der Waals surface area contributed by atoms with E-state index in [9.17, 15) is 0 Å². The molecule has 8 heteroatoms. The summed E-state index contributed by atoms with van der Waals surface area (Å²) in [7, 11) is 2.20. The number of nitrogens with zero attached hydrogens (tertiary/aromatic N) is 4. The van der Waals surface area contributed by atoms with Crippen molar-refractivity contribution in [2.24, 2.45) is 0 Å². The molecule has 2 aliphatic rings. The fourth-order valence-corrected chi connectivity index (χ4v) is 5.78. The molecule has 33 heavy (non-hydrogen) atoms. The van der Waals surface area contributed by atoms with Crippen LogP contribution in [0.25, 0.3) is 10.2 Å². The molecular formula is C25H40N6S2. The van der Waals surface area contributed by atoms with Crippen LogP contribution in [-0.2, 0) is 5.41 Å². The average Bonchev–Trinajstić information content (AvgIpc) is 3.22. The molecule has 182 valence electrons. The molecule has 2 aromatic rings. The first-order valence-electron chi connectivity index (χ1n) is 12.5. The van der Waals surface area contributed by atoms with Crippen LogP contribution >= 0.6 is 23.6 Å². The molecule has 0 bridgehead atoms. The van der Waals surface area contributed by atoms with Crippen LogP contribution in [0.5, 0.6) is 0 Å². The normalized spacial score (nSPS) is 18.6. The molecular weight excluding hydrogens is 448 g/mol. The number of piperazine rings is 1. The van der Waals surface area contributed by atoms with Crippen molar-refractivity contribution >= 4 is 50.3 Å². The van der Waals surface area contributed by atoms with Crippen LogP contribution in [0.3, 0.4) is 0 Å². The molecule has 0 radical (unpaired) electrons. The minimum Gasteiger partial charge on any atom is -0.370 e. The molecule has 3 heterocycles. The van der Waals surface area contributed by atoms with Crippen LogP contribution in [-0.4, -0.2) is 79.3 Å². The molecule has 0 atom stereocenters. The van der Waals surface area contributed by atoms with Gasteiger partial charge in [-0.1, -0.05) is 20.8 Å². The molecule has 2 saturated heterocycles. The molecule has 0 spiro atoms. The molecule has 0 amide bonds. The summed E-state index contributed by atoms with van der Waals surface area (Å²) >= 11 is 7.49. The Morgan fingerprint density at radius 2 is 1.79 bits per heavy atom. The van der Waals surface area contributed by atoms with E-state index in [1.165, 1.54) is 60.8 Å². The van der Waals surface area contributed by atoms with Crippen molar-refractivity contribution in [2.75, 3.05) is 69.6 Å². The topological polar surface area (TPSA) is 46.7 Å². The van der Waals surface area contributed by atoms with Gasteiger partial charge in [-0.2, -0.15) is 0 Å². The molecule has 0 aliphatic carbocycles. The smallest absolute Gasteiger partial charge is 0.170 e. The first-order valence-corrected chi connectivity index (χ1v) is 13.7. The van der Waals surface area contributed by atoms with Crippen LogP contribution in [0.15, 0.2) is 12.1 Å². The first-order chi connectivity index (χ1) is 15.8. The second kappa shape index (κ2) is 10.8. The number of aromatic nitrogens is 1. The summed E-state index contributed by atoms with van der Waals surface area (Å²) in [6.45, 7) is 15.6. The second-order valence-electron chi connectivity index (χ2n) is 10.5. The SMILES string of the molecule is CN1CCN(CCCNC(=S)Nc2cc3sc(C(C)(C)C)nc3cc2N2CCCCC2)CC1. The van der Waals surface area contributed by atoms with Gasteiger partial charge in [-0.15, -0.1) is 11.3 Å². The Balaban J connectivity index is 1.41. The molecule has 2 fully saturated rings. The predicted octanol–water partition coefficient (Wildman–Crippen LogP) is 4.51. The lowest BCUT2D eigenvalue weighted by Gasteiger charge is -2.32. The van der Waals surface area contributed by atoms with Crippen LogP contribution in [0.4, 0.5) is 11.4 Å². The van der Waals surface area contributed by atoms with E-state index in [-0.39, 0.29) is 5.41 Å². The third kappa shape index (κ3) is 6.56. The number of benzene rings is 1. The first kappa shape index (κ1) is 24.6. The minimum atomic E-state index is 0.0587. The van der Waals surface area contributed by atoms with Crippen molar-refractivity contribution in [2.45, 2.75) is 51.9 Å². The van der Waals surface area contributed by atoms with Gasteiger partial charge < -0.3 is 25.3 Å². The van der Waals surface area contributed by atoms with E-state index in [1.807, 2.05) is 0 Å². The number of anilines is 2. The largest absolute Gasteiger partial charge is 0.370 e. The van der Waals surface area contributed by atoms with Crippen molar-refractivity contribution in [1.82, 2.24) is 20.1 Å². The number of hydrogen-bond donors (Lipinski definition) is 2. The highest BCUT2D eigenvalue weighted by molar-refractivity contribution is 7.80. The highest BCUT2D eigenvalue weighted by Gasteiger charge is 2.22. The molecule has 4 rings (SSSR count). The van der Waals surface area contributed by atoms with Crippen LogP contribution in [0.1, 0.15) is 51.5 Å². The van der Waals surface area contributed by atoms with Crippen molar-refractivity contribution in [3.63, 3.8) is 0 Å². The standard InChI is InChI=1S/C25H40N6S2/c1-25(2,3)23-27-20-17-21(31-11-6-5-7-12-31)19(18-22(20)33-23)28-24(32)26-9-8-10-30-15-13-29(4)14-16-30/h17-18H,5-16H2,1-4H3,(H2,26,28,32). The monoisotopic (exact) mass is 488 g/mol. The van der Waals surface area contributed by atoms with Gasteiger partial charge in [0.2, 0.25) is 0 Å². The molecule has 2 N–H and O–H groups in total. The number of piperidine rings is 1. The molecule has 0 saturated carbocycles. The predicted molar refractivity (Wildman–Crippen MR) is 147 cm³/mol. The molecule has 1 aromatic heterocycles. The number of thiazole rings is 1. The van der Waals surface area contributed by atoms with E-state index >= 15 is 0 Å². The van der Waals surface area contributed by atoms with Gasteiger partial charge in [0.1, 0.15) is 0 Å². The third-order valence-electron chi connectivity index (χ3n) is 6.63. The average molecular weight is 489 g/mol. The van der Waals surface area contributed by atoms with Crippen molar-refractivity contribution in [3.8, 4) is 0 Å². The summed E-state index contributed by atoms with van der Waals surface area (Å²) < 4.78 is 1.22. The van der Waals surface area contributed by atoms with E-state index in [0.717, 1.165) is 43.8 Å². The van der Waals surface area contributed by atoms with Gasteiger partial charge in [0.15, 0.2) is 5.11 Å². The van der Waals surface area contributed by atoms with Crippen LogP contribution in [0.2, 0.25) is 0 Å². The van der Waals surface area contributed by atoms with E-state index < -0.39 is 0 Å². The number of hydrogen-bond acceptors (Lipinski definition) is 6. The van der Waals surface area contributed by atoms with Crippen molar-refractivity contribution in [3.05, 3.63) is 17.1 Å². The quantitative estimate of drug-likeness (QED) is 0.458. The maximum atomic E-state index is 5.70. The van der Waals surface area contributed by atoms with E-state index in [2.05, 4.69) is 65.3 Å². The Labute approximate surface area is 208 Å². The van der Waals surface area contributed by atoms with Gasteiger partial charge in [0.05, 0.1) is 26.6 Å². The van der Waals surface area contributed by atoms with E-state index in [0.29, 0.717) is 5.11 Å². The zero-order valence-electron chi connectivity index (χ0n) is 20.7. The van der Waals surface area contributed by atoms with E-state index in [1.54, 1.807) is 11.3 Å². The highest BCUT2D eigenvalue weighted by atomic mass is 32.1. The second-order valence-corrected chi connectivity index (χ2v) is 12.0. The summed E-state index contributed by atoms with van der Waals surface area (Å²) in [5.41, 5.74) is 3.49. The number of nitrogens with one attached hydrogen (secondary N) is 2. The maximum Gasteiger partial charge on any atom is 0.170 e. The minimum absolute atomic E-state index is 0.0587. The molecule has 1 aromatic carbocycles. The maximum absolute atomic E-state index is 5.70. The number of likely N-dealkylation sites (N-methyl/N-ethyl adjacent to an activating group) is 1. The Morgan fingerprint density at radius 3 is 2.48 bits per heavy atom. The fraction of sp³-hybridized carbons (Fsp3) is 0.680. The summed E-state index contributed by atoms with van der Waals surface area (Å²) in [4.78, 5) is 12.4. The molecule has 0 unspecified atom stereocenters. The molecule has 6 nitrogen and oxygen atoms in total. The van der Waals surface area contributed by atoms with Crippen LogP contribution in [0, 0.1) is 0 Å². The van der Waals surface area contributed by atoms with Gasteiger partial charge in [-0.05, 0) is 63.6 Å². The Kier molecular flexibility index (Phi) is 8.10. The summed E-state index contributed by atoms with van der Waals surface area (Å²) in [5, 5.41) is 8.87. The highest BCUT2D eigenvalue weighted by Crippen LogP contribution is 2.38. The Morgan fingerprint density at radius 1 is 1.06 bits per heavy atom. The lowest BCUT2D eigenvalue weighted by molar-refractivity contribution is 0.153. The Hall–Kier alpha value is -1.48. The lowest BCUT2D eigenvalue weighted by atomic mass is 9.98. The van der Waals surface area contributed by atoms with Gasteiger partial charge in [-0.25, -0.2) is 4.98 Å². The zero-order valence-corrected chi connectivity index (χ0v) is 22.4. The summed E-state index contributed by atoms with van der Waals surface area (Å²) in [5.74, 6) is 0. The lowest BCUT2D eigenvalue weighted by Crippen LogP contribution is -2.45. The van der Waals surface area contributed by atoms with Gasteiger partial charge in [0, 0.05) is 51.2 Å². The van der Waals surface area contributed by atoms with Gasteiger partial charge in [-0.3, -0.25) is 0 Å². The van der Waals surface area contributed by atoms with Gasteiger partial charge in [0.25, 0.3) is 0 Å². The third-order valence-corrected chi connectivity index (χ3v) is 8.32. The van der Waals surface area contributed by atoms with Crippen molar-refractivity contribution < 1.29 is 0 Å². The molecule has 2 aliphatic heterocycles. The number of thiocarbonyl (C=S) groups is 1. The number of rotatable bonds is 6.